The van der Waals surface area contributed by atoms with E-state index < -0.39 is 22.5 Å². The van der Waals surface area contributed by atoms with Gasteiger partial charge in [-0.15, -0.1) is 0 Å². The van der Waals surface area contributed by atoms with E-state index in [1.165, 1.54) is 33.7 Å². The molecule has 0 saturated heterocycles. The summed E-state index contributed by atoms with van der Waals surface area (Å²) in [7, 11) is 0. The van der Waals surface area contributed by atoms with Gasteiger partial charge in [-0.25, -0.2) is 9.59 Å². The molecule has 0 aliphatic carbocycles. The van der Waals surface area contributed by atoms with Crippen LogP contribution in [0.5, 0.6) is 11.5 Å². The molecule has 2 aromatic heterocycles. The molecule has 0 atom stereocenters. The predicted octanol–water partition coefficient (Wildman–Crippen LogP) is 0.868. The number of nitrogens with zero attached hydrogens (tertiary/aromatic N) is 4. The van der Waals surface area contributed by atoms with E-state index in [0.717, 1.165) is 20.3 Å². The Balaban J connectivity index is 1.82. The summed E-state index contributed by atoms with van der Waals surface area (Å²) in [6.07, 6.45) is 2.74. The van der Waals surface area contributed by atoms with Crippen LogP contribution in [0.4, 0.5) is 0 Å². The van der Waals surface area contributed by atoms with E-state index in [2.05, 4.69) is 0 Å². The highest BCUT2D eigenvalue weighted by molar-refractivity contribution is 5.45. The fourth-order valence-corrected chi connectivity index (χ4v) is 4.70. The number of aromatic nitrogens is 4. The van der Waals surface area contributed by atoms with Crippen molar-refractivity contribution in [2.45, 2.75) is 40.0 Å². The number of hydrogen-bond acceptors (Lipinski definition) is 6. The van der Waals surface area contributed by atoms with Crippen LogP contribution in [0, 0.1) is 13.8 Å². The van der Waals surface area contributed by atoms with Crippen LogP contribution >= 0.6 is 0 Å². The van der Waals surface area contributed by atoms with Crippen molar-refractivity contribution < 1.29 is 10.2 Å². The summed E-state index contributed by atoms with van der Waals surface area (Å²) in [5.74, 6) is -0.282. The van der Waals surface area contributed by atoms with Crippen molar-refractivity contribution >= 4 is 0 Å². The molecule has 1 aliphatic heterocycles. The minimum atomic E-state index is -0.600. The lowest BCUT2D eigenvalue weighted by Crippen LogP contribution is -2.40. The lowest BCUT2D eigenvalue weighted by molar-refractivity contribution is 0.446. The standard InChI is InChI=1S/C26H24N4O6/c1-15-7-17-11-27-5-3-21(31)29(25(27)35)13-19-9-16(2)10-20(24(19)34)14-30-22(32)4-6-28(26(30)36)12-18(8-15)23(17)33/h3-10,33-34H,11-14H2,1-2H3. The maximum absolute atomic E-state index is 13.3. The minimum absolute atomic E-state index is 0.0148. The number of fused-ring (bicyclic) bond motifs is 8. The molecule has 2 N–H and O–H groups in total. The molecule has 0 unspecified atom stereocenters. The lowest BCUT2D eigenvalue weighted by Gasteiger charge is -2.18. The van der Waals surface area contributed by atoms with Gasteiger partial charge in [-0.3, -0.25) is 27.9 Å². The zero-order chi connectivity index (χ0) is 25.7. The van der Waals surface area contributed by atoms with Crippen molar-refractivity contribution in [2.75, 3.05) is 0 Å². The minimum Gasteiger partial charge on any atom is -0.507 e. The first kappa shape index (κ1) is 23.2. The molecule has 0 fully saturated rings. The molecular formula is C26H24N4O6. The first-order valence-electron chi connectivity index (χ1n) is 11.4. The third kappa shape index (κ3) is 3.96. The predicted molar refractivity (Wildman–Crippen MR) is 132 cm³/mol. The van der Waals surface area contributed by atoms with Gasteiger partial charge in [0.1, 0.15) is 11.5 Å². The Morgan fingerprint density at radius 3 is 1.28 bits per heavy atom. The summed E-state index contributed by atoms with van der Waals surface area (Å²) in [6.45, 7) is 3.16. The molecule has 8 bridgehead atoms. The molecule has 1 aliphatic rings. The third-order valence-electron chi connectivity index (χ3n) is 6.44. The third-order valence-corrected chi connectivity index (χ3v) is 6.44. The van der Waals surface area contributed by atoms with Gasteiger partial charge in [-0.05, 0) is 13.8 Å². The van der Waals surface area contributed by atoms with E-state index >= 15 is 0 Å². The van der Waals surface area contributed by atoms with Crippen molar-refractivity contribution in [3.8, 4) is 11.5 Å². The molecule has 2 aromatic carbocycles. The molecule has 5 rings (SSSR count). The van der Waals surface area contributed by atoms with Crippen LogP contribution in [0.1, 0.15) is 33.4 Å². The molecule has 4 aromatic rings. The Labute approximate surface area is 204 Å². The fourth-order valence-electron chi connectivity index (χ4n) is 4.70. The number of phenolic OH excluding ortho intramolecular Hbond substituents is 2. The molecule has 0 amide bonds. The van der Waals surface area contributed by atoms with E-state index in [9.17, 15) is 29.4 Å². The van der Waals surface area contributed by atoms with Crippen molar-refractivity contribution in [1.29, 1.82) is 0 Å². The smallest absolute Gasteiger partial charge is 0.331 e. The first-order valence-corrected chi connectivity index (χ1v) is 11.4. The van der Waals surface area contributed by atoms with Gasteiger partial charge in [0.15, 0.2) is 0 Å². The Morgan fingerprint density at radius 2 is 0.917 bits per heavy atom. The maximum Gasteiger partial charge on any atom is 0.331 e. The van der Waals surface area contributed by atoms with Crippen molar-refractivity contribution in [3.05, 3.63) is 124 Å². The normalized spacial score (nSPS) is 12.9. The second kappa shape index (κ2) is 8.56. The zero-order valence-corrected chi connectivity index (χ0v) is 19.8. The average Bonchev–Trinajstić information content (AvgIpc) is 2.82. The SMILES string of the molecule is Cc1cc2c(O)c(c1)Cn1ccc(=O)n(c1=O)Cc1cc(C)cc(c1O)Cn1c(=O)ccn(c1=O)C2. The van der Waals surface area contributed by atoms with E-state index in [-0.39, 0.29) is 37.7 Å². The van der Waals surface area contributed by atoms with Gasteiger partial charge < -0.3 is 10.2 Å². The largest absolute Gasteiger partial charge is 0.507 e. The summed E-state index contributed by atoms with van der Waals surface area (Å²) in [4.78, 5) is 51.8. The van der Waals surface area contributed by atoms with Crippen LogP contribution in [0.25, 0.3) is 0 Å². The summed E-state index contributed by atoms with van der Waals surface area (Å²) < 4.78 is 4.62. The van der Waals surface area contributed by atoms with Gasteiger partial charge >= 0.3 is 11.4 Å². The lowest BCUT2D eigenvalue weighted by atomic mass is 10.0. The van der Waals surface area contributed by atoms with Crippen LogP contribution in [-0.2, 0) is 26.2 Å². The number of rotatable bonds is 0. The zero-order valence-electron chi connectivity index (χ0n) is 19.8. The van der Waals surface area contributed by atoms with Crippen LogP contribution in [-0.4, -0.2) is 28.5 Å². The van der Waals surface area contributed by atoms with Crippen molar-refractivity contribution in [1.82, 2.24) is 18.3 Å². The highest BCUT2D eigenvalue weighted by Gasteiger charge is 2.18. The summed E-state index contributed by atoms with van der Waals surface area (Å²) in [5.41, 5.74) is 0.720. The van der Waals surface area contributed by atoms with Crippen LogP contribution in [0.15, 0.2) is 68.0 Å². The Kier molecular flexibility index (Phi) is 5.51. The number of benzene rings is 2. The summed E-state index contributed by atoms with van der Waals surface area (Å²) in [6, 6.07) is 9.27. The van der Waals surface area contributed by atoms with Gasteiger partial charge in [0.2, 0.25) is 0 Å². The van der Waals surface area contributed by atoms with E-state index in [4.69, 9.17) is 0 Å². The quantitative estimate of drug-likeness (QED) is 0.333. The van der Waals surface area contributed by atoms with Gasteiger partial charge in [0.25, 0.3) is 11.1 Å². The van der Waals surface area contributed by atoms with E-state index in [1.807, 2.05) is 6.92 Å². The second-order valence-corrected chi connectivity index (χ2v) is 9.16. The van der Waals surface area contributed by atoms with Crippen LogP contribution in [0.2, 0.25) is 0 Å². The molecule has 36 heavy (non-hydrogen) atoms. The van der Waals surface area contributed by atoms with Gasteiger partial charge in [0.05, 0.1) is 26.2 Å². The Bertz CT molecular complexity index is 1650. The molecule has 10 nitrogen and oxygen atoms in total. The molecular weight excluding hydrogens is 464 g/mol. The molecule has 0 radical (unpaired) electrons. The number of aryl methyl sites for hydroxylation is 2. The molecule has 0 spiro atoms. The monoisotopic (exact) mass is 488 g/mol. The van der Waals surface area contributed by atoms with E-state index in [1.54, 1.807) is 31.2 Å². The van der Waals surface area contributed by atoms with Crippen molar-refractivity contribution in [3.63, 3.8) is 0 Å². The first-order chi connectivity index (χ1) is 17.1. The van der Waals surface area contributed by atoms with Gasteiger partial charge in [0, 0.05) is 46.8 Å². The maximum atomic E-state index is 13.3. The van der Waals surface area contributed by atoms with Crippen LogP contribution < -0.4 is 22.5 Å². The summed E-state index contributed by atoms with van der Waals surface area (Å²) in [5, 5.41) is 22.0. The number of hydrogen-bond donors (Lipinski definition) is 2. The number of phenols is 2. The topological polar surface area (TPSA) is 128 Å². The number of aromatic hydroxyl groups is 2. The Hall–Kier alpha value is -4.60. The van der Waals surface area contributed by atoms with Crippen molar-refractivity contribution in [2.24, 2.45) is 0 Å². The average molecular weight is 489 g/mol. The van der Waals surface area contributed by atoms with Gasteiger partial charge in [-0.1, -0.05) is 35.4 Å². The molecule has 184 valence electrons. The highest BCUT2D eigenvalue weighted by Crippen LogP contribution is 2.27. The second-order valence-electron chi connectivity index (χ2n) is 9.16. The van der Waals surface area contributed by atoms with Crippen LogP contribution in [0.3, 0.4) is 0 Å². The highest BCUT2D eigenvalue weighted by atomic mass is 16.3. The van der Waals surface area contributed by atoms with E-state index in [0.29, 0.717) is 22.3 Å². The molecule has 10 heteroatoms. The van der Waals surface area contributed by atoms with Gasteiger partial charge in [-0.2, -0.15) is 0 Å². The fraction of sp³-hybridized carbons (Fsp3) is 0.231. The molecule has 0 saturated carbocycles. The molecule has 3 heterocycles. The Morgan fingerprint density at radius 1 is 0.583 bits per heavy atom. The summed E-state index contributed by atoms with van der Waals surface area (Å²) >= 11 is 0.